The van der Waals surface area contributed by atoms with E-state index in [1.807, 2.05) is 0 Å². The highest BCUT2D eigenvalue weighted by Gasteiger charge is 2.18. The molecule has 0 aliphatic rings. The Kier molecular flexibility index (Phi) is 9.24. The Morgan fingerprint density at radius 2 is 1.91 bits per heavy atom. The van der Waals surface area contributed by atoms with Gasteiger partial charge >= 0.3 is 0 Å². The summed E-state index contributed by atoms with van der Waals surface area (Å²) >= 11 is 0. The van der Waals surface area contributed by atoms with E-state index in [0.29, 0.717) is 13.0 Å². The van der Waals surface area contributed by atoms with Crippen LogP contribution < -0.4 is 5.32 Å². The molecule has 0 aliphatic carbocycles. The Morgan fingerprint density at radius 1 is 1.22 bits per heavy atom. The summed E-state index contributed by atoms with van der Waals surface area (Å²) in [6.07, 6.45) is 2.98. The van der Waals surface area contributed by atoms with Gasteiger partial charge in [0, 0.05) is 19.0 Å². The lowest BCUT2D eigenvalue weighted by Crippen LogP contribution is -2.05. The molecule has 10 heteroatoms. The van der Waals surface area contributed by atoms with E-state index in [-0.39, 0.29) is 35.4 Å². The van der Waals surface area contributed by atoms with Crippen molar-refractivity contribution in [3.63, 3.8) is 0 Å². The summed E-state index contributed by atoms with van der Waals surface area (Å²) in [5, 5.41) is 31.8. The van der Waals surface area contributed by atoms with Gasteiger partial charge in [-0.15, -0.1) is 12.4 Å². The molecule has 0 heterocycles. The molecule has 0 atom stereocenters. The van der Waals surface area contributed by atoms with E-state index in [1.54, 1.807) is 0 Å². The minimum atomic E-state index is -0.665. The van der Waals surface area contributed by atoms with Crippen molar-refractivity contribution in [2.24, 2.45) is 0 Å². The number of benzene rings is 1. The third-order valence-electron chi connectivity index (χ3n) is 3.03. The number of anilines is 1. The van der Waals surface area contributed by atoms with Gasteiger partial charge < -0.3 is 10.1 Å². The van der Waals surface area contributed by atoms with Crippen LogP contribution in [-0.4, -0.2) is 29.4 Å². The van der Waals surface area contributed by atoms with Crippen LogP contribution in [0.25, 0.3) is 0 Å². The van der Waals surface area contributed by atoms with Crippen LogP contribution in [0.3, 0.4) is 0 Å². The third-order valence-corrected chi connectivity index (χ3v) is 3.03. The lowest BCUT2D eigenvalue weighted by Gasteiger charge is -2.07. The predicted octanol–water partition coefficient (Wildman–Crippen LogP) is 3.52. The van der Waals surface area contributed by atoms with Crippen LogP contribution in [0.5, 0.6) is 0 Å². The lowest BCUT2D eigenvalue weighted by molar-refractivity contribution is -0.393. The van der Waals surface area contributed by atoms with Crippen LogP contribution in [0.15, 0.2) is 18.2 Å². The maximum atomic E-state index is 10.9. The molecule has 128 valence electrons. The summed E-state index contributed by atoms with van der Waals surface area (Å²) < 4.78 is 4.74. The molecular weight excluding hydrogens is 328 g/mol. The molecule has 0 radical (unpaired) electrons. The molecule has 0 unspecified atom stereocenters. The first-order valence-electron chi connectivity index (χ1n) is 6.74. The molecule has 0 saturated heterocycles. The van der Waals surface area contributed by atoms with Crippen LogP contribution in [0.1, 0.15) is 25.7 Å². The molecule has 23 heavy (non-hydrogen) atoms. The Labute approximate surface area is 139 Å². The van der Waals surface area contributed by atoms with Crippen LogP contribution >= 0.6 is 12.4 Å². The van der Waals surface area contributed by atoms with Crippen molar-refractivity contribution in [2.45, 2.75) is 25.7 Å². The van der Waals surface area contributed by atoms with Gasteiger partial charge in [-0.2, -0.15) is 0 Å². The summed E-state index contributed by atoms with van der Waals surface area (Å²) in [7, 11) is 1.46. The van der Waals surface area contributed by atoms with Gasteiger partial charge in [0.15, 0.2) is 5.90 Å². The molecule has 0 aliphatic heterocycles. The van der Waals surface area contributed by atoms with Gasteiger partial charge in [0.05, 0.1) is 23.0 Å². The first-order chi connectivity index (χ1) is 10.5. The van der Waals surface area contributed by atoms with Crippen molar-refractivity contribution < 1.29 is 14.6 Å². The third kappa shape index (κ3) is 6.92. The molecule has 2 N–H and O–H groups in total. The number of non-ortho nitro benzene ring substituents is 1. The van der Waals surface area contributed by atoms with Gasteiger partial charge in [-0.25, -0.2) is 0 Å². The van der Waals surface area contributed by atoms with Crippen molar-refractivity contribution in [1.29, 1.82) is 5.41 Å². The SMILES string of the molecule is COC(=N)CCCCCNc1ccc([N+](=O)[O-])cc1[N+](=O)[O-].Cl. The van der Waals surface area contributed by atoms with E-state index in [4.69, 9.17) is 10.1 Å². The largest absolute Gasteiger partial charge is 0.484 e. The number of nitrogens with zero attached hydrogens (tertiary/aromatic N) is 2. The first-order valence-corrected chi connectivity index (χ1v) is 6.74. The highest BCUT2D eigenvalue weighted by Crippen LogP contribution is 2.28. The summed E-state index contributed by atoms with van der Waals surface area (Å²) in [6, 6.07) is 3.52. The fourth-order valence-corrected chi connectivity index (χ4v) is 1.85. The van der Waals surface area contributed by atoms with Crippen molar-refractivity contribution in [3.8, 4) is 0 Å². The predicted molar refractivity (Wildman–Crippen MR) is 88.7 cm³/mol. The first kappa shape index (κ1) is 20.6. The Balaban J connectivity index is 0.00000484. The van der Waals surface area contributed by atoms with Gasteiger partial charge in [0.25, 0.3) is 11.4 Å². The molecular formula is C13H19ClN4O5. The Bertz CT molecular complexity index is 567. The summed E-state index contributed by atoms with van der Waals surface area (Å²) in [5.41, 5.74) is -0.356. The number of unbranched alkanes of at least 4 members (excludes halogenated alkanes) is 2. The number of methoxy groups -OCH3 is 1. The summed E-state index contributed by atoms with van der Waals surface area (Å²) in [4.78, 5) is 20.3. The second kappa shape index (κ2) is 10.3. The minimum absolute atomic E-state index is 0. The zero-order valence-corrected chi connectivity index (χ0v) is 13.4. The fraction of sp³-hybridized carbons (Fsp3) is 0.462. The molecule has 1 rings (SSSR count). The van der Waals surface area contributed by atoms with E-state index < -0.39 is 9.85 Å². The van der Waals surface area contributed by atoms with Crippen molar-refractivity contribution in [1.82, 2.24) is 0 Å². The van der Waals surface area contributed by atoms with E-state index in [9.17, 15) is 20.2 Å². The number of rotatable bonds is 9. The maximum absolute atomic E-state index is 10.9. The molecule has 0 saturated carbocycles. The highest BCUT2D eigenvalue weighted by molar-refractivity contribution is 5.85. The second-order valence-corrected chi connectivity index (χ2v) is 4.58. The normalized spacial score (nSPS) is 9.61. The number of hydrogen-bond donors (Lipinski definition) is 2. The average molecular weight is 347 g/mol. The van der Waals surface area contributed by atoms with Crippen LogP contribution in [0.4, 0.5) is 17.1 Å². The fourth-order valence-electron chi connectivity index (χ4n) is 1.85. The highest BCUT2D eigenvalue weighted by atomic mass is 35.5. The van der Waals surface area contributed by atoms with Crippen LogP contribution in [0, 0.1) is 25.6 Å². The topological polar surface area (TPSA) is 131 Å². The molecule has 0 aromatic heterocycles. The van der Waals surface area contributed by atoms with Gasteiger partial charge in [-0.3, -0.25) is 25.6 Å². The maximum Gasteiger partial charge on any atom is 0.299 e. The van der Waals surface area contributed by atoms with Crippen molar-refractivity contribution in [3.05, 3.63) is 38.4 Å². The average Bonchev–Trinajstić information content (AvgIpc) is 2.50. The van der Waals surface area contributed by atoms with E-state index in [0.717, 1.165) is 25.3 Å². The molecule has 0 fully saturated rings. The summed E-state index contributed by atoms with van der Waals surface area (Å²) in [5.74, 6) is 0.235. The number of nitro groups is 2. The molecule has 1 aromatic rings. The van der Waals surface area contributed by atoms with Crippen molar-refractivity contribution in [2.75, 3.05) is 19.0 Å². The monoisotopic (exact) mass is 346 g/mol. The smallest absolute Gasteiger partial charge is 0.299 e. The molecule has 0 amide bonds. The van der Waals surface area contributed by atoms with Gasteiger partial charge in [-0.05, 0) is 18.9 Å². The zero-order chi connectivity index (χ0) is 16.5. The lowest BCUT2D eigenvalue weighted by atomic mass is 10.2. The Morgan fingerprint density at radius 3 is 2.48 bits per heavy atom. The van der Waals surface area contributed by atoms with Gasteiger partial charge in [0.2, 0.25) is 0 Å². The van der Waals surface area contributed by atoms with Crippen LogP contribution in [0.2, 0.25) is 0 Å². The molecule has 9 nitrogen and oxygen atoms in total. The molecule has 0 spiro atoms. The zero-order valence-electron chi connectivity index (χ0n) is 12.6. The number of hydrogen-bond acceptors (Lipinski definition) is 7. The number of nitro benzene ring substituents is 2. The number of ether oxygens (including phenoxy) is 1. The number of halogens is 1. The van der Waals surface area contributed by atoms with Crippen molar-refractivity contribution >= 4 is 35.4 Å². The van der Waals surface area contributed by atoms with Gasteiger partial charge in [0.1, 0.15) is 5.69 Å². The summed E-state index contributed by atoms with van der Waals surface area (Å²) in [6.45, 7) is 0.513. The minimum Gasteiger partial charge on any atom is -0.484 e. The molecule has 0 bridgehead atoms. The quantitative estimate of drug-likeness (QED) is 0.231. The second-order valence-electron chi connectivity index (χ2n) is 4.58. The molecule has 1 aromatic carbocycles. The van der Waals surface area contributed by atoms with Gasteiger partial charge in [-0.1, -0.05) is 6.42 Å². The Hall–Kier alpha value is -2.42. The van der Waals surface area contributed by atoms with E-state index in [1.165, 1.54) is 19.2 Å². The van der Waals surface area contributed by atoms with E-state index in [2.05, 4.69) is 5.32 Å². The van der Waals surface area contributed by atoms with Crippen LogP contribution in [-0.2, 0) is 4.74 Å². The standard InChI is InChI=1S/C13H18N4O5.ClH/c1-22-13(14)5-3-2-4-8-15-11-7-6-10(16(18)19)9-12(11)17(20)21;/h6-7,9,14-15H,2-5,8H2,1H3;1H. The number of nitrogens with one attached hydrogen (secondary N) is 2. The van der Waals surface area contributed by atoms with E-state index >= 15 is 0 Å².